The van der Waals surface area contributed by atoms with Crippen molar-refractivity contribution in [2.45, 2.75) is 26.4 Å². The van der Waals surface area contributed by atoms with Crippen molar-refractivity contribution in [1.29, 1.82) is 5.26 Å². The fourth-order valence-corrected chi connectivity index (χ4v) is 2.42. The largest absolute Gasteiger partial charge is 0.493 e. The van der Waals surface area contributed by atoms with Gasteiger partial charge in [-0.3, -0.25) is 9.59 Å². The van der Waals surface area contributed by atoms with Crippen molar-refractivity contribution in [2.24, 2.45) is 0 Å². The highest BCUT2D eigenvalue weighted by atomic mass is 35.5. The number of ether oxygens (including phenoxy) is 2. The smallest absolute Gasteiger partial charge is 0.310 e. The van der Waals surface area contributed by atoms with Gasteiger partial charge in [0.05, 0.1) is 23.6 Å². The molecule has 7 heteroatoms. The van der Waals surface area contributed by atoms with Crippen LogP contribution in [-0.4, -0.2) is 24.6 Å². The Morgan fingerprint density at radius 1 is 1.26 bits per heavy atom. The molecule has 1 atom stereocenters. The van der Waals surface area contributed by atoms with Crippen LogP contribution < -0.4 is 10.1 Å². The first kappa shape index (κ1) is 20.3. The summed E-state index contributed by atoms with van der Waals surface area (Å²) in [6.45, 7) is 3.54. The van der Waals surface area contributed by atoms with Gasteiger partial charge in [0.2, 0.25) is 0 Å². The topological polar surface area (TPSA) is 88.4 Å². The second-order valence-corrected chi connectivity index (χ2v) is 6.20. The average molecular weight is 387 g/mol. The third-order valence-electron chi connectivity index (χ3n) is 3.69. The molecule has 0 saturated heterocycles. The maximum absolute atomic E-state index is 12.1. The summed E-state index contributed by atoms with van der Waals surface area (Å²) in [6.07, 6.45) is -0.959. The molecular formula is C20H19ClN2O4. The number of anilines is 1. The molecule has 2 aromatic rings. The summed E-state index contributed by atoms with van der Waals surface area (Å²) in [5.74, 6) is -0.332. The van der Waals surface area contributed by atoms with Gasteiger partial charge in [-0.2, -0.15) is 5.26 Å². The van der Waals surface area contributed by atoms with Gasteiger partial charge in [0, 0.05) is 5.69 Å². The summed E-state index contributed by atoms with van der Waals surface area (Å²) in [4.78, 5) is 24.0. The van der Waals surface area contributed by atoms with Crippen molar-refractivity contribution in [2.75, 3.05) is 11.9 Å². The Morgan fingerprint density at radius 3 is 2.67 bits per heavy atom. The van der Waals surface area contributed by atoms with Gasteiger partial charge in [-0.15, -0.1) is 0 Å². The lowest BCUT2D eigenvalue weighted by molar-refractivity contribution is -0.153. The van der Waals surface area contributed by atoms with Crippen LogP contribution in [0.25, 0.3) is 0 Å². The third-order valence-corrected chi connectivity index (χ3v) is 4.00. The van der Waals surface area contributed by atoms with Crippen LogP contribution >= 0.6 is 11.6 Å². The molecule has 140 valence electrons. The Morgan fingerprint density at radius 2 is 2.00 bits per heavy atom. The van der Waals surface area contributed by atoms with E-state index in [0.29, 0.717) is 17.0 Å². The number of nitrogens with zero attached hydrogens (tertiary/aromatic N) is 1. The third kappa shape index (κ3) is 6.01. The summed E-state index contributed by atoms with van der Waals surface area (Å²) in [7, 11) is 0. The molecule has 0 aliphatic heterocycles. The first-order chi connectivity index (χ1) is 12.9. The lowest BCUT2D eigenvalue weighted by Crippen LogP contribution is -2.30. The van der Waals surface area contributed by atoms with Gasteiger partial charge in [-0.05, 0) is 43.7 Å². The van der Waals surface area contributed by atoms with E-state index in [-0.39, 0.29) is 18.1 Å². The second-order valence-electron chi connectivity index (χ2n) is 5.79. The van der Waals surface area contributed by atoms with Crippen LogP contribution in [0.3, 0.4) is 0 Å². The quantitative estimate of drug-likeness (QED) is 0.730. The van der Waals surface area contributed by atoms with Crippen LogP contribution in [0.4, 0.5) is 5.69 Å². The van der Waals surface area contributed by atoms with E-state index < -0.39 is 18.0 Å². The van der Waals surface area contributed by atoms with Gasteiger partial charge < -0.3 is 14.8 Å². The van der Waals surface area contributed by atoms with E-state index in [1.807, 2.05) is 37.3 Å². The zero-order valence-corrected chi connectivity index (χ0v) is 15.7. The van der Waals surface area contributed by atoms with E-state index in [0.717, 1.165) is 5.56 Å². The molecule has 1 amide bonds. The fraction of sp³-hybridized carbons (Fsp3) is 0.250. The van der Waals surface area contributed by atoms with Gasteiger partial charge in [-0.1, -0.05) is 29.8 Å². The molecule has 6 nitrogen and oxygen atoms in total. The highest BCUT2D eigenvalue weighted by Gasteiger charge is 2.18. The van der Waals surface area contributed by atoms with Gasteiger partial charge in [0.25, 0.3) is 5.91 Å². The highest BCUT2D eigenvalue weighted by molar-refractivity contribution is 6.32. The molecule has 2 aromatic carbocycles. The number of nitriles is 1. The fourth-order valence-electron chi connectivity index (χ4n) is 2.20. The van der Waals surface area contributed by atoms with E-state index in [4.69, 9.17) is 26.3 Å². The summed E-state index contributed by atoms with van der Waals surface area (Å²) < 4.78 is 10.6. The number of para-hydroxylation sites is 1. The lowest BCUT2D eigenvalue weighted by atomic mass is 10.2. The molecule has 2 rings (SSSR count). The molecule has 0 aliphatic rings. The van der Waals surface area contributed by atoms with Gasteiger partial charge in [0.1, 0.15) is 11.8 Å². The molecule has 0 heterocycles. The monoisotopic (exact) mass is 386 g/mol. The standard InChI is InChI=1S/C20H19ClN2O4/c1-13-5-3-4-6-18(13)26-10-9-19(24)27-14(2)20(25)23-16-8-7-15(12-22)17(21)11-16/h3-8,11,14H,9-10H2,1-2H3,(H,23,25)/t14-/m1/s1. The molecule has 27 heavy (non-hydrogen) atoms. The van der Waals surface area contributed by atoms with E-state index in [2.05, 4.69) is 5.32 Å². The number of aryl methyl sites for hydroxylation is 1. The van der Waals surface area contributed by atoms with E-state index >= 15 is 0 Å². The minimum Gasteiger partial charge on any atom is -0.493 e. The molecule has 0 radical (unpaired) electrons. The molecule has 0 fully saturated rings. The van der Waals surface area contributed by atoms with Crippen LogP contribution in [-0.2, 0) is 14.3 Å². The van der Waals surface area contributed by atoms with Crippen molar-refractivity contribution in [3.63, 3.8) is 0 Å². The summed E-state index contributed by atoms with van der Waals surface area (Å²) in [6, 6.07) is 13.9. The Labute approximate surface area is 162 Å². The Hall–Kier alpha value is -3.04. The number of nitrogens with one attached hydrogen (secondary N) is 1. The van der Waals surface area contributed by atoms with Gasteiger partial charge >= 0.3 is 5.97 Å². The summed E-state index contributed by atoms with van der Waals surface area (Å²) in [5, 5.41) is 11.7. The second kappa shape index (κ2) is 9.60. The molecule has 0 spiro atoms. The first-order valence-corrected chi connectivity index (χ1v) is 8.67. The Balaban J connectivity index is 1.79. The van der Waals surface area contributed by atoms with Crippen molar-refractivity contribution >= 4 is 29.2 Å². The normalized spacial score (nSPS) is 11.2. The van der Waals surface area contributed by atoms with Crippen LogP contribution in [0, 0.1) is 18.3 Å². The van der Waals surface area contributed by atoms with E-state index in [1.54, 1.807) is 6.07 Å². The molecular weight excluding hydrogens is 368 g/mol. The number of esters is 1. The molecule has 0 bridgehead atoms. The maximum Gasteiger partial charge on any atom is 0.310 e. The van der Waals surface area contributed by atoms with E-state index in [1.165, 1.54) is 19.1 Å². The molecule has 0 unspecified atom stereocenters. The molecule has 0 aliphatic carbocycles. The predicted molar refractivity (Wildman–Crippen MR) is 102 cm³/mol. The van der Waals surface area contributed by atoms with Gasteiger partial charge in [-0.25, -0.2) is 0 Å². The highest BCUT2D eigenvalue weighted by Crippen LogP contribution is 2.20. The lowest BCUT2D eigenvalue weighted by Gasteiger charge is -2.14. The minimum atomic E-state index is -0.981. The minimum absolute atomic E-state index is 0.0225. The van der Waals surface area contributed by atoms with Crippen LogP contribution in [0.2, 0.25) is 5.02 Å². The zero-order chi connectivity index (χ0) is 19.8. The van der Waals surface area contributed by atoms with Crippen LogP contribution in [0.1, 0.15) is 24.5 Å². The number of carbonyl (C=O) groups is 2. The molecule has 0 saturated carbocycles. The summed E-state index contributed by atoms with van der Waals surface area (Å²) >= 11 is 5.92. The number of hydrogen-bond acceptors (Lipinski definition) is 5. The Bertz CT molecular complexity index is 877. The number of carbonyl (C=O) groups excluding carboxylic acids is 2. The number of hydrogen-bond donors (Lipinski definition) is 1. The predicted octanol–water partition coefficient (Wildman–Crippen LogP) is 3.86. The first-order valence-electron chi connectivity index (χ1n) is 8.29. The number of amides is 1. The van der Waals surface area contributed by atoms with Crippen molar-refractivity contribution < 1.29 is 19.1 Å². The maximum atomic E-state index is 12.1. The van der Waals surface area contributed by atoms with Gasteiger partial charge in [0.15, 0.2) is 6.10 Å². The SMILES string of the molecule is Cc1ccccc1OCCC(=O)O[C@H](C)C(=O)Nc1ccc(C#N)c(Cl)c1. The Kier molecular flexibility index (Phi) is 7.21. The van der Waals surface area contributed by atoms with Crippen LogP contribution in [0.15, 0.2) is 42.5 Å². The van der Waals surface area contributed by atoms with Crippen molar-refractivity contribution in [3.05, 3.63) is 58.6 Å². The van der Waals surface area contributed by atoms with Crippen molar-refractivity contribution in [1.82, 2.24) is 0 Å². The average Bonchev–Trinajstić information content (AvgIpc) is 2.63. The van der Waals surface area contributed by atoms with Crippen molar-refractivity contribution in [3.8, 4) is 11.8 Å². The van der Waals surface area contributed by atoms with Crippen LogP contribution in [0.5, 0.6) is 5.75 Å². The molecule has 0 aromatic heterocycles. The number of benzene rings is 2. The number of halogens is 1. The summed E-state index contributed by atoms with van der Waals surface area (Å²) in [5.41, 5.74) is 1.69. The number of rotatable bonds is 7. The van der Waals surface area contributed by atoms with E-state index in [9.17, 15) is 9.59 Å². The zero-order valence-electron chi connectivity index (χ0n) is 15.0. The molecule has 1 N–H and O–H groups in total.